The zero-order valence-electron chi connectivity index (χ0n) is 11.5. The van der Waals surface area contributed by atoms with Crippen molar-refractivity contribution in [1.29, 1.82) is 0 Å². The van der Waals surface area contributed by atoms with Crippen LogP contribution >= 0.6 is 23.2 Å². The van der Waals surface area contributed by atoms with Gasteiger partial charge in [0.15, 0.2) is 5.78 Å². The van der Waals surface area contributed by atoms with Crippen molar-refractivity contribution in [2.24, 2.45) is 5.92 Å². The Labute approximate surface area is 128 Å². The maximum absolute atomic E-state index is 11.8. The highest BCUT2D eigenvalue weighted by Crippen LogP contribution is 2.33. The van der Waals surface area contributed by atoms with E-state index in [0.29, 0.717) is 5.56 Å². The normalized spacial score (nSPS) is 14.2. The summed E-state index contributed by atoms with van der Waals surface area (Å²) >= 11 is 9.53. The molecule has 0 bridgehead atoms. The Bertz CT molecular complexity index is 476. The van der Waals surface area contributed by atoms with Crippen molar-refractivity contribution in [3.05, 3.63) is 35.4 Å². The number of Topliss-reactive ketones (excluding diaryl/α,β-unsaturated/α-hetero) is 1. The van der Waals surface area contributed by atoms with E-state index in [1.54, 1.807) is 38.1 Å². The van der Waals surface area contributed by atoms with Gasteiger partial charge in [0.2, 0.25) is 0 Å². The van der Waals surface area contributed by atoms with Gasteiger partial charge >= 0.3 is 5.97 Å². The fraction of sp³-hybridized carbons (Fsp3) is 0.467. The van der Waals surface area contributed by atoms with Crippen LogP contribution in [0.3, 0.4) is 0 Å². The van der Waals surface area contributed by atoms with Crippen LogP contribution < -0.4 is 0 Å². The third-order valence-corrected chi connectivity index (χ3v) is 3.37. The molecule has 0 unspecified atom stereocenters. The fourth-order valence-corrected chi connectivity index (χ4v) is 1.76. The fourth-order valence-electron chi connectivity index (χ4n) is 1.76. The van der Waals surface area contributed by atoms with E-state index in [9.17, 15) is 9.59 Å². The molecule has 2 rings (SSSR count). The first-order valence-corrected chi connectivity index (χ1v) is 7.41. The van der Waals surface area contributed by atoms with E-state index in [0.717, 1.165) is 18.4 Å². The lowest BCUT2D eigenvalue weighted by molar-refractivity contribution is -0.142. The Balaban J connectivity index is 0.000000612. The van der Waals surface area contributed by atoms with Gasteiger partial charge in [0.25, 0.3) is 0 Å². The van der Waals surface area contributed by atoms with Crippen molar-refractivity contribution in [1.82, 2.24) is 0 Å². The minimum atomic E-state index is -0.916. The van der Waals surface area contributed by atoms with Crippen LogP contribution in [0.5, 0.6) is 0 Å². The molecule has 0 atom stereocenters. The number of carboxylic acids is 1. The second kappa shape index (κ2) is 7.09. The summed E-state index contributed by atoms with van der Waals surface area (Å²) in [6.45, 7) is 3.32. The molecule has 0 radical (unpaired) electrons. The topological polar surface area (TPSA) is 54.4 Å². The smallest absolute Gasteiger partial charge is 0.313 e. The first kappa shape index (κ1) is 17.0. The zero-order chi connectivity index (χ0) is 15.3. The largest absolute Gasteiger partial charge is 0.481 e. The highest BCUT2D eigenvalue weighted by atomic mass is 35.5. The summed E-state index contributed by atoms with van der Waals surface area (Å²) in [5.41, 5.74) is 0.496. The maximum atomic E-state index is 11.8. The number of benzene rings is 1. The number of halogens is 2. The standard InChI is InChI=1S/C14H16O3.CH2Cl2/c1-14(2,13(16)17)11-7-5-10(6-8-11)12(15)9-3-4-9;2-1-3/h5-9H,3-4H2,1-2H3,(H,16,17);1H2. The van der Waals surface area contributed by atoms with Crippen LogP contribution in [-0.4, -0.2) is 22.2 Å². The van der Waals surface area contributed by atoms with Gasteiger partial charge in [-0.2, -0.15) is 0 Å². The zero-order valence-corrected chi connectivity index (χ0v) is 13.0. The van der Waals surface area contributed by atoms with Gasteiger partial charge < -0.3 is 5.11 Å². The van der Waals surface area contributed by atoms with Crippen LogP contribution in [0, 0.1) is 5.92 Å². The maximum Gasteiger partial charge on any atom is 0.313 e. The summed E-state index contributed by atoms with van der Waals surface area (Å²) < 4.78 is 0. The lowest BCUT2D eigenvalue weighted by Gasteiger charge is -2.19. The number of rotatable bonds is 4. The number of hydrogen-bond donors (Lipinski definition) is 1. The summed E-state index contributed by atoms with van der Waals surface area (Å²) in [4.78, 5) is 22.9. The molecule has 5 heteroatoms. The average molecular weight is 317 g/mol. The van der Waals surface area contributed by atoms with E-state index in [1.807, 2.05) is 0 Å². The lowest BCUT2D eigenvalue weighted by Crippen LogP contribution is -2.28. The molecule has 0 aromatic heterocycles. The van der Waals surface area contributed by atoms with Crippen molar-refractivity contribution in [3.8, 4) is 0 Å². The first-order chi connectivity index (χ1) is 9.34. The van der Waals surface area contributed by atoms with Gasteiger partial charge in [-0.1, -0.05) is 24.3 Å². The molecule has 1 aliphatic rings. The molecule has 0 amide bonds. The van der Waals surface area contributed by atoms with Gasteiger partial charge in [0.1, 0.15) is 0 Å². The molecule has 1 aromatic carbocycles. The van der Waals surface area contributed by atoms with E-state index < -0.39 is 11.4 Å². The van der Waals surface area contributed by atoms with E-state index in [4.69, 9.17) is 28.3 Å². The molecule has 1 N–H and O–H groups in total. The summed E-state index contributed by atoms with van der Waals surface area (Å²) in [6, 6.07) is 6.95. The van der Waals surface area contributed by atoms with Crippen LogP contribution in [0.1, 0.15) is 42.6 Å². The number of carbonyl (C=O) groups is 2. The second-order valence-electron chi connectivity index (χ2n) is 5.25. The number of aliphatic carboxylic acids is 1. The lowest BCUT2D eigenvalue weighted by atomic mass is 9.84. The van der Waals surface area contributed by atoms with Crippen molar-refractivity contribution < 1.29 is 14.7 Å². The summed E-state index contributed by atoms with van der Waals surface area (Å²) in [5, 5.41) is 9.30. The van der Waals surface area contributed by atoms with Crippen molar-refractivity contribution in [2.75, 3.05) is 5.34 Å². The van der Waals surface area contributed by atoms with Gasteiger partial charge in [-0.3, -0.25) is 9.59 Å². The van der Waals surface area contributed by atoms with E-state index in [1.165, 1.54) is 0 Å². The van der Waals surface area contributed by atoms with E-state index in [2.05, 4.69) is 0 Å². The molecule has 0 aliphatic heterocycles. The Hall–Kier alpha value is -1.06. The summed E-state index contributed by atoms with van der Waals surface area (Å²) in [6.07, 6.45) is 1.97. The minimum absolute atomic E-state index is 0.185. The molecular weight excluding hydrogens is 299 g/mol. The highest BCUT2D eigenvalue weighted by Gasteiger charge is 2.32. The van der Waals surface area contributed by atoms with Gasteiger partial charge in [-0.25, -0.2) is 0 Å². The van der Waals surface area contributed by atoms with Gasteiger partial charge in [0, 0.05) is 11.5 Å². The van der Waals surface area contributed by atoms with E-state index >= 15 is 0 Å². The Kier molecular flexibility index (Phi) is 6.03. The molecule has 1 fully saturated rings. The first-order valence-electron chi connectivity index (χ1n) is 6.34. The molecule has 1 aromatic rings. The Morgan fingerprint density at radius 3 is 2.00 bits per heavy atom. The van der Waals surface area contributed by atoms with Crippen LogP contribution in [0.25, 0.3) is 0 Å². The number of alkyl halides is 2. The minimum Gasteiger partial charge on any atom is -0.481 e. The van der Waals surface area contributed by atoms with Crippen LogP contribution in [0.4, 0.5) is 0 Å². The van der Waals surface area contributed by atoms with Crippen molar-refractivity contribution in [2.45, 2.75) is 32.1 Å². The Morgan fingerprint density at radius 2 is 1.65 bits per heavy atom. The molecule has 1 saturated carbocycles. The summed E-state index contributed by atoms with van der Waals surface area (Å²) in [7, 11) is 0. The third-order valence-electron chi connectivity index (χ3n) is 3.37. The molecular formula is C15H18Cl2O3. The SMILES string of the molecule is CC(C)(C(=O)O)c1ccc(C(=O)C2CC2)cc1.ClCCl. The number of hydrogen-bond acceptors (Lipinski definition) is 2. The highest BCUT2D eigenvalue weighted by molar-refractivity contribution is 6.40. The average Bonchev–Trinajstić information content (AvgIpc) is 3.23. The molecule has 0 spiro atoms. The quantitative estimate of drug-likeness (QED) is 0.673. The molecule has 110 valence electrons. The molecule has 0 saturated heterocycles. The van der Waals surface area contributed by atoms with Gasteiger partial charge in [-0.05, 0) is 32.3 Å². The van der Waals surface area contributed by atoms with Crippen molar-refractivity contribution >= 4 is 35.0 Å². The number of ketones is 1. The predicted molar refractivity (Wildman–Crippen MR) is 80.7 cm³/mol. The second-order valence-corrected chi connectivity index (χ2v) is 6.06. The molecule has 20 heavy (non-hydrogen) atoms. The van der Waals surface area contributed by atoms with Crippen molar-refractivity contribution in [3.63, 3.8) is 0 Å². The molecule has 1 aliphatic carbocycles. The predicted octanol–water partition coefficient (Wildman–Crippen LogP) is 4.06. The van der Waals surface area contributed by atoms with Gasteiger partial charge in [0.05, 0.1) is 10.8 Å². The molecule has 3 nitrogen and oxygen atoms in total. The number of carbonyl (C=O) groups excluding carboxylic acids is 1. The summed E-state index contributed by atoms with van der Waals surface area (Å²) in [5.74, 6) is -0.475. The molecule has 0 heterocycles. The van der Waals surface area contributed by atoms with Crippen LogP contribution in [0.15, 0.2) is 24.3 Å². The monoisotopic (exact) mass is 316 g/mol. The van der Waals surface area contributed by atoms with Crippen LogP contribution in [-0.2, 0) is 10.2 Å². The number of carboxylic acid groups (broad SMARTS) is 1. The van der Waals surface area contributed by atoms with Gasteiger partial charge in [-0.15, -0.1) is 23.2 Å². The Morgan fingerprint density at radius 1 is 1.20 bits per heavy atom. The van der Waals surface area contributed by atoms with E-state index in [-0.39, 0.29) is 17.0 Å². The third kappa shape index (κ3) is 4.22. The van der Waals surface area contributed by atoms with Crippen LogP contribution in [0.2, 0.25) is 0 Å².